The summed E-state index contributed by atoms with van der Waals surface area (Å²) in [5.74, 6) is -0.858. The van der Waals surface area contributed by atoms with Crippen LogP contribution in [0.25, 0.3) is 10.6 Å². The van der Waals surface area contributed by atoms with Crippen molar-refractivity contribution in [2.24, 2.45) is 0 Å². The van der Waals surface area contributed by atoms with Crippen LogP contribution in [0.4, 0.5) is 5.69 Å². The summed E-state index contributed by atoms with van der Waals surface area (Å²) in [6.07, 6.45) is 2.53. The zero-order valence-electron chi connectivity index (χ0n) is 15.9. The third-order valence-electron chi connectivity index (χ3n) is 4.11. The summed E-state index contributed by atoms with van der Waals surface area (Å²) in [4.78, 5) is 33.0. The first-order chi connectivity index (χ1) is 13.4. The molecule has 3 rings (SSSR count). The SMILES string of the molecule is Cc1ccc(C)c(NC(=O)[C@@H](C)OC(=O)Cc2csc(-c3cccnc3)n2)c1. The van der Waals surface area contributed by atoms with Gasteiger partial charge in [-0.3, -0.25) is 14.6 Å². The van der Waals surface area contributed by atoms with E-state index in [1.165, 1.54) is 11.3 Å². The van der Waals surface area contributed by atoms with Crippen molar-refractivity contribution in [2.75, 3.05) is 5.32 Å². The van der Waals surface area contributed by atoms with Gasteiger partial charge in [0.1, 0.15) is 5.01 Å². The Bertz CT molecular complexity index is 986. The predicted molar refractivity (Wildman–Crippen MR) is 109 cm³/mol. The standard InChI is InChI=1S/C21H21N3O3S/c1-13-6-7-14(2)18(9-13)24-20(26)15(3)27-19(25)10-17-12-28-21(23-17)16-5-4-8-22-11-16/h4-9,11-12,15H,10H2,1-3H3,(H,24,26)/t15-/m1/s1. The fourth-order valence-electron chi connectivity index (χ4n) is 2.56. The van der Waals surface area contributed by atoms with Crippen molar-refractivity contribution in [3.05, 3.63) is 64.9 Å². The van der Waals surface area contributed by atoms with Crippen molar-refractivity contribution < 1.29 is 14.3 Å². The van der Waals surface area contributed by atoms with Gasteiger partial charge in [0.25, 0.3) is 5.91 Å². The van der Waals surface area contributed by atoms with Gasteiger partial charge in [-0.05, 0) is 50.1 Å². The smallest absolute Gasteiger partial charge is 0.312 e. The molecule has 2 heterocycles. The number of carbonyl (C=O) groups excluding carboxylic acids is 2. The molecule has 1 atom stereocenters. The number of nitrogens with one attached hydrogen (secondary N) is 1. The van der Waals surface area contributed by atoms with Crippen molar-refractivity contribution in [1.29, 1.82) is 0 Å². The minimum Gasteiger partial charge on any atom is -0.452 e. The maximum atomic E-state index is 12.3. The van der Waals surface area contributed by atoms with Crippen LogP contribution in [-0.2, 0) is 20.7 Å². The molecule has 1 aromatic carbocycles. The van der Waals surface area contributed by atoms with Gasteiger partial charge in [-0.15, -0.1) is 11.3 Å². The van der Waals surface area contributed by atoms with Gasteiger partial charge in [-0.2, -0.15) is 0 Å². The lowest BCUT2D eigenvalue weighted by Crippen LogP contribution is -2.30. The monoisotopic (exact) mass is 395 g/mol. The van der Waals surface area contributed by atoms with Crippen LogP contribution in [0.1, 0.15) is 23.7 Å². The number of anilines is 1. The Kier molecular flexibility index (Phi) is 6.16. The maximum Gasteiger partial charge on any atom is 0.312 e. The molecule has 0 saturated carbocycles. The number of ether oxygens (including phenoxy) is 1. The number of rotatable bonds is 6. The molecular weight excluding hydrogens is 374 g/mol. The second-order valence-electron chi connectivity index (χ2n) is 6.50. The Morgan fingerprint density at radius 1 is 1.25 bits per heavy atom. The van der Waals surface area contributed by atoms with Crippen molar-refractivity contribution in [3.63, 3.8) is 0 Å². The molecule has 0 fully saturated rings. The summed E-state index contributed by atoms with van der Waals surface area (Å²) in [7, 11) is 0. The second kappa shape index (κ2) is 8.75. The molecule has 3 aromatic rings. The zero-order chi connectivity index (χ0) is 20.1. The van der Waals surface area contributed by atoms with Crippen molar-refractivity contribution in [1.82, 2.24) is 9.97 Å². The Hall–Kier alpha value is -3.06. The lowest BCUT2D eigenvalue weighted by molar-refractivity contribution is -0.152. The van der Waals surface area contributed by atoms with E-state index in [2.05, 4.69) is 15.3 Å². The first kappa shape index (κ1) is 19.7. The minimum atomic E-state index is -0.899. The second-order valence-corrected chi connectivity index (χ2v) is 7.36. The molecule has 28 heavy (non-hydrogen) atoms. The summed E-state index contributed by atoms with van der Waals surface area (Å²) >= 11 is 1.44. The van der Waals surface area contributed by atoms with Gasteiger partial charge in [0, 0.05) is 29.0 Å². The molecule has 0 saturated heterocycles. The fourth-order valence-corrected chi connectivity index (χ4v) is 3.37. The van der Waals surface area contributed by atoms with Gasteiger partial charge in [0.2, 0.25) is 0 Å². The molecule has 6 nitrogen and oxygen atoms in total. The van der Waals surface area contributed by atoms with Crippen LogP contribution in [-0.4, -0.2) is 27.9 Å². The van der Waals surface area contributed by atoms with Crippen molar-refractivity contribution in [2.45, 2.75) is 33.3 Å². The number of carbonyl (C=O) groups is 2. The largest absolute Gasteiger partial charge is 0.452 e. The van der Waals surface area contributed by atoms with E-state index in [9.17, 15) is 9.59 Å². The number of benzene rings is 1. The number of thiazole rings is 1. The van der Waals surface area contributed by atoms with E-state index in [1.54, 1.807) is 19.3 Å². The van der Waals surface area contributed by atoms with Gasteiger partial charge >= 0.3 is 5.97 Å². The molecule has 0 bridgehead atoms. The van der Waals surface area contributed by atoms with Gasteiger partial charge in [-0.1, -0.05) is 12.1 Å². The van der Waals surface area contributed by atoms with Gasteiger partial charge in [0.05, 0.1) is 12.1 Å². The highest BCUT2D eigenvalue weighted by Gasteiger charge is 2.19. The third-order valence-corrected chi connectivity index (χ3v) is 5.05. The topological polar surface area (TPSA) is 81.2 Å². The third kappa shape index (κ3) is 5.01. The van der Waals surface area contributed by atoms with Crippen LogP contribution in [0.2, 0.25) is 0 Å². The minimum absolute atomic E-state index is 0.0118. The van der Waals surface area contributed by atoms with Crippen LogP contribution in [0, 0.1) is 13.8 Å². The van der Waals surface area contributed by atoms with Crippen LogP contribution in [0.15, 0.2) is 48.1 Å². The number of hydrogen-bond acceptors (Lipinski definition) is 6. The van der Waals surface area contributed by atoms with Crippen LogP contribution < -0.4 is 5.32 Å². The molecule has 0 radical (unpaired) electrons. The number of nitrogens with zero attached hydrogens (tertiary/aromatic N) is 2. The normalized spacial score (nSPS) is 11.7. The average Bonchev–Trinajstić information content (AvgIpc) is 3.13. The molecule has 0 unspecified atom stereocenters. The Labute approximate surface area is 167 Å². The number of aromatic nitrogens is 2. The highest BCUT2D eigenvalue weighted by molar-refractivity contribution is 7.13. The van der Waals surface area contributed by atoms with Crippen LogP contribution >= 0.6 is 11.3 Å². The zero-order valence-corrected chi connectivity index (χ0v) is 16.7. The number of esters is 1. The molecule has 1 N–H and O–H groups in total. The van der Waals surface area contributed by atoms with Crippen molar-refractivity contribution in [3.8, 4) is 10.6 Å². The highest BCUT2D eigenvalue weighted by Crippen LogP contribution is 2.23. The van der Waals surface area contributed by atoms with Crippen molar-refractivity contribution >= 4 is 28.9 Å². The van der Waals surface area contributed by atoms with Gasteiger partial charge in [-0.25, -0.2) is 4.98 Å². The molecule has 1 amide bonds. The highest BCUT2D eigenvalue weighted by atomic mass is 32.1. The average molecular weight is 395 g/mol. The van der Waals surface area contributed by atoms with Crippen LogP contribution in [0.3, 0.4) is 0 Å². The summed E-state index contributed by atoms with van der Waals surface area (Å²) in [6, 6.07) is 9.54. The van der Waals surface area contributed by atoms with Gasteiger partial charge < -0.3 is 10.1 Å². The quantitative estimate of drug-likeness (QED) is 0.640. The Morgan fingerprint density at radius 2 is 2.07 bits per heavy atom. The number of amides is 1. The lowest BCUT2D eigenvalue weighted by atomic mass is 10.1. The summed E-state index contributed by atoms with van der Waals surface area (Å²) in [5, 5.41) is 5.41. The lowest BCUT2D eigenvalue weighted by Gasteiger charge is -2.15. The maximum absolute atomic E-state index is 12.3. The Morgan fingerprint density at radius 3 is 2.82 bits per heavy atom. The molecule has 2 aromatic heterocycles. The van der Waals surface area contributed by atoms with E-state index >= 15 is 0 Å². The van der Waals surface area contributed by atoms with E-state index in [4.69, 9.17) is 4.74 Å². The Balaban J connectivity index is 1.56. The molecule has 0 aliphatic carbocycles. The first-order valence-corrected chi connectivity index (χ1v) is 9.73. The summed E-state index contributed by atoms with van der Waals surface area (Å²) in [6.45, 7) is 5.42. The molecular formula is C21H21N3O3S. The van der Waals surface area contributed by atoms with E-state index in [0.29, 0.717) is 11.4 Å². The number of hydrogen-bond donors (Lipinski definition) is 1. The van der Waals surface area contributed by atoms with E-state index in [1.807, 2.05) is 49.6 Å². The van der Waals surface area contributed by atoms with E-state index in [-0.39, 0.29) is 12.3 Å². The number of aryl methyl sites for hydroxylation is 2. The number of pyridine rings is 1. The molecule has 0 aliphatic heterocycles. The predicted octanol–water partition coefficient (Wildman–Crippen LogP) is 3.93. The van der Waals surface area contributed by atoms with E-state index in [0.717, 1.165) is 21.7 Å². The van der Waals surface area contributed by atoms with E-state index < -0.39 is 12.1 Å². The fraction of sp³-hybridized carbons (Fsp3) is 0.238. The van der Waals surface area contributed by atoms with Crippen LogP contribution in [0.5, 0.6) is 0 Å². The summed E-state index contributed by atoms with van der Waals surface area (Å²) < 4.78 is 5.27. The summed E-state index contributed by atoms with van der Waals surface area (Å²) in [5.41, 5.74) is 4.21. The molecule has 144 valence electrons. The molecule has 7 heteroatoms. The molecule has 0 aliphatic rings. The first-order valence-electron chi connectivity index (χ1n) is 8.85. The molecule has 0 spiro atoms. The van der Waals surface area contributed by atoms with Gasteiger partial charge in [0.15, 0.2) is 6.10 Å².